The Morgan fingerprint density at radius 1 is 0.914 bits per heavy atom. The van der Waals surface area contributed by atoms with Gasteiger partial charge in [-0.15, -0.1) is 0 Å². The van der Waals surface area contributed by atoms with Crippen LogP contribution in [0.5, 0.6) is 5.75 Å². The van der Waals surface area contributed by atoms with Crippen molar-refractivity contribution >= 4 is 48.3 Å². The Morgan fingerprint density at radius 2 is 1.60 bits per heavy atom. The van der Waals surface area contributed by atoms with Crippen LogP contribution in [-0.4, -0.2) is 34.0 Å². The number of rotatable bonds is 9. The van der Waals surface area contributed by atoms with Crippen LogP contribution in [0.1, 0.15) is 5.56 Å². The molecule has 0 aliphatic heterocycles. The zero-order chi connectivity index (χ0) is 24.8. The highest BCUT2D eigenvalue weighted by Crippen LogP contribution is 2.26. The summed E-state index contributed by atoms with van der Waals surface area (Å²) >= 11 is 3.36. The Balaban J connectivity index is 1.44. The monoisotopic (exact) mass is 552 g/mol. The van der Waals surface area contributed by atoms with Gasteiger partial charge in [-0.05, 0) is 54.8 Å². The van der Waals surface area contributed by atoms with E-state index in [0.29, 0.717) is 5.69 Å². The molecule has 1 N–H and O–H groups in total. The second-order valence-corrected chi connectivity index (χ2v) is 10.8. The molecule has 4 rings (SSSR count). The molecule has 8 heteroatoms. The average Bonchev–Trinajstić information content (AvgIpc) is 2.86. The van der Waals surface area contributed by atoms with Crippen molar-refractivity contribution in [3.8, 4) is 5.75 Å². The first kappa shape index (κ1) is 24.8. The van der Waals surface area contributed by atoms with Gasteiger partial charge in [0.1, 0.15) is 18.9 Å². The van der Waals surface area contributed by atoms with E-state index in [1.54, 1.807) is 48.5 Å². The van der Waals surface area contributed by atoms with E-state index in [1.165, 1.54) is 0 Å². The predicted octanol–water partition coefficient (Wildman–Crippen LogP) is 5.30. The fraction of sp³-hybridized carbons (Fsp3) is 0.148. The highest BCUT2D eigenvalue weighted by atomic mass is 79.9. The van der Waals surface area contributed by atoms with E-state index in [2.05, 4.69) is 21.2 Å². The summed E-state index contributed by atoms with van der Waals surface area (Å²) in [5.41, 5.74) is 1.35. The van der Waals surface area contributed by atoms with Crippen LogP contribution < -0.4 is 14.4 Å². The number of amides is 1. The molecule has 35 heavy (non-hydrogen) atoms. The summed E-state index contributed by atoms with van der Waals surface area (Å²) < 4.78 is 34.6. The average molecular weight is 553 g/mol. The van der Waals surface area contributed by atoms with Crippen LogP contribution in [0.4, 0.5) is 5.69 Å². The number of nitrogens with one attached hydrogen (secondary N) is 1. The fourth-order valence-electron chi connectivity index (χ4n) is 3.62. The summed E-state index contributed by atoms with van der Waals surface area (Å²) in [5, 5.41) is 4.83. The SMILES string of the molecule is Cc1ccc(S(=O)(=O)N(CC(=O)NCCOc2cccc3ccccc23)c2ccc(Br)cc2)cc1. The minimum absolute atomic E-state index is 0.123. The molecule has 0 spiro atoms. The lowest BCUT2D eigenvalue weighted by atomic mass is 10.1. The number of halogens is 1. The van der Waals surface area contributed by atoms with Gasteiger partial charge in [-0.3, -0.25) is 9.10 Å². The maximum absolute atomic E-state index is 13.4. The fourth-order valence-corrected chi connectivity index (χ4v) is 5.30. The molecule has 6 nitrogen and oxygen atoms in total. The molecule has 0 heterocycles. The molecule has 0 unspecified atom stereocenters. The lowest BCUT2D eigenvalue weighted by Crippen LogP contribution is -2.41. The molecule has 4 aromatic rings. The maximum atomic E-state index is 13.4. The van der Waals surface area contributed by atoms with Gasteiger partial charge in [0.15, 0.2) is 0 Å². The molecular formula is C27H25BrN2O4S. The molecule has 0 radical (unpaired) electrons. The molecule has 4 aromatic carbocycles. The van der Waals surface area contributed by atoms with Gasteiger partial charge >= 0.3 is 0 Å². The van der Waals surface area contributed by atoms with Crippen molar-refractivity contribution in [3.63, 3.8) is 0 Å². The quantitative estimate of drug-likeness (QED) is 0.286. The lowest BCUT2D eigenvalue weighted by Gasteiger charge is -2.24. The van der Waals surface area contributed by atoms with Crippen LogP contribution >= 0.6 is 15.9 Å². The van der Waals surface area contributed by atoms with Crippen LogP contribution in [0.3, 0.4) is 0 Å². The first-order chi connectivity index (χ1) is 16.8. The van der Waals surface area contributed by atoms with Gasteiger partial charge in [0.05, 0.1) is 17.1 Å². The first-order valence-corrected chi connectivity index (χ1v) is 13.3. The topological polar surface area (TPSA) is 75.7 Å². The molecular weight excluding hydrogens is 528 g/mol. The summed E-state index contributed by atoms with van der Waals surface area (Å²) in [7, 11) is -3.95. The van der Waals surface area contributed by atoms with E-state index in [0.717, 1.165) is 30.9 Å². The smallest absolute Gasteiger partial charge is 0.264 e. The summed E-state index contributed by atoms with van der Waals surface area (Å²) in [5.74, 6) is 0.306. The van der Waals surface area contributed by atoms with E-state index in [9.17, 15) is 13.2 Å². The summed E-state index contributed by atoms with van der Waals surface area (Å²) in [6.07, 6.45) is 0. The van der Waals surface area contributed by atoms with Gasteiger partial charge in [-0.2, -0.15) is 0 Å². The van der Waals surface area contributed by atoms with Crippen LogP contribution in [0.2, 0.25) is 0 Å². The first-order valence-electron chi connectivity index (χ1n) is 11.1. The third kappa shape index (κ3) is 6.01. The number of benzene rings is 4. The normalized spacial score (nSPS) is 11.3. The Labute approximate surface area is 213 Å². The largest absolute Gasteiger partial charge is 0.491 e. The molecule has 0 aliphatic carbocycles. The molecule has 0 atom stereocenters. The van der Waals surface area contributed by atoms with Gasteiger partial charge in [0.25, 0.3) is 10.0 Å². The second kappa shape index (κ2) is 10.9. The predicted molar refractivity (Wildman–Crippen MR) is 142 cm³/mol. The van der Waals surface area contributed by atoms with Gasteiger partial charge in [-0.25, -0.2) is 8.42 Å². The Bertz CT molecular complexity index is 1420. The van der Waals surface area contributed by atoms with Crippen LogP contribution in [0.15, 0.2) is 100 Å². The molecule has 0 aromatic heterocycles. The van der Waals surface area contributed by atoms with Crippen LogP contribution in [0, 0.1) is 6.92 Å². The number of fused-ring (bicyclic) bond motifs is 1. The number of hydrogen-bond donors (Lipinski definition) is 1. The van der Waals surface area contributed by atoms with Gasteiger partial charge in [-0.1, -0.05) is 70.0 Å². The van der Waals surface area contributed by atoms with E-state index in [1.807, 2.05) is 49.4 Å². The number of ether oxygens (including phenoxy) is 1. The van der Waals surface area contributed by atoms with Crippen molar-refractivity contribution in [2.24, 2.45) is 0 Å². The standard InChI is InChI=1S/C27H25BrN2O4S/c1-20-9-15-24(16-10-20)35(32,33)30(23-13-11-22(28)12-14-23)19-27(31)29-17-18-34-26-8-4-6-21-5-2-3-7-25(21)26/h2-16H,17-19H2,1H3,(H,29,31). The zero-order valence-corrected chi connectivity index (χ0v) is 21.6. The second-order valence-electron chi connectivity index (χ2n) is 7.98. The van der Waals surface area contributed by atoms with Gasteiger partial charge in [0, 0.05) is 9.86 Å². The molecule has 0 fully saturated rings. The van der Waals surface area contributed by atoms with Crippen molar-refractivity contribution < 1.29 is 17.9 Å². The number of hydrogen-bond acceptors (Lipinski definition) is 4. The molecule has 0 saturated carbocycles. The summed E-state index contributed by atoms with van der Waals surface area (Å²) in [6.45, 7) is 2.02. The highest BCUT2D eigenvalue weighted by Gasteiger charge is 2.27. The minimum atomic E-state index is -3.95. The Morgan fingerprint density at radius 3 is 2.34 bits per heavy atom. The van der Waals surface area contributed by atoms with Crippen LogP contribution in [-0.2, 0) is 14.8 Å². The number of aryl methyl sites for hydroxylation is 1. The third-order valence-electron chi connectivity index (χ3n) is 5.44. The van der Waals surface area contributed by atoms with E-state index in [-0.39, 0.29) is 24.6 Å². The number of sulfonamides is 1. The van der Waals surface area contributed by atoms with E-state index in [4.69, 9.17) is 4.74 Å². The van der Waals surface area contributed by atoms with Gasteiger partial charge < -0.3 is 10.1 Å². The van der Waals surface area contributed by atoms with Gasteiger partial charge in [0.2, 0.25) is 5.91 Å². The number of carbonyl (C=O) groups is 1. The number of anilines is 1. The van der Waals surface area contributed by atoms with Crippen LogP contribution in [0.25, 0.3) is 10.8 Å². The van der Waals surface area contributed by atoms with Crippen molar-refractivity contribution in [1.82, 2.24) is 5.32 Å². The Kier molecular flexibility index (Phi) is 7.73. The zero-order valence-electron chi connectivity index (χ0n) is 19.1. The molecule has 0 aliphatic rings. The summed E-state index contributed by atoms with van der Waals surface area (Å²) in [6, 6.07) is 27.1. The Hall–Kier alpha value is -3.36. The molecule has 180 valence electrons. The van der Waals surface area contributed by atoms with Crippen molar-refractivity contribution in [2.75, 3.05) is 24.0 Å². The number of carbonyl (C=O) groups excluding carboxylic acids is 1. The molecule has 0 saturated heterocycles. The molecule has 1 amide bonds. The van der Waals surface area contributed by atoms with Crippen molar-refractivity contribution in [1.29, 1.82) is 0 Å². The lowest BCUT2D eigenvalue weighted by molar-refractivity contribution is -0.119. The number of nitrogens with zero attached hydrogens (tertiary/aromatic N) is 1. The highest BCUT2D eigenvalue weighted by molar-refractivity contribution is 9.10. The molecule has 0 bridgehead atoms. The minimum Gasteiger partial charge on any atom is -0.491 e. The van der Waals surface area contributed by atoms with Crippen molar-refractivity contribution in [2.45, 2.75) is 11.8 Å². The van der Waals surface area contributed by atoms with Crippen molar-refractivity contribution in [3.05, 3.63) is 101 Å². The third-order valence-corrected chi connectivity index (χ3v) is 7.76. The maximum Gasteiger partial charge on any atom is 0.264 e. The van der Waals surface area contributed by atoms with E-state index >= 15 is 0 Å². The summed E-state index contributed by atoms with van der Waals surface area (Å²) in [4.78, 5) is 12.9. The van der Waals surface area contributed by atoms with E-state index < -0.39 is 15.9 Å².